The Labute approximate surface area is 72.4 Å². The van der Waals surface area contributed by atoms with Crippen molar-refractivity contribution in [3.63, 3.8) is 0 Å². The van der Waals surface area contributed by atoms with Crippen molar-refractivity contribution in [1.82, 2.24) is 4.98 Å². The normalized spacial score (nSPS) is 8.92. The number of nitrogens with zero attached hydrogens (tertiary/aromatic N) is 2. The van der Waals surface area contributed by atoms with Gasteiger partial charge in [0, 0.05) is 6.20 Å². The zero-order chi connectivity index (χ0) is 9.14. The van der Waals surface area contributed by atoms with Crippen molar-refractivity contribution < 1.29 is 4.92 Å². The predicted octanol–water partition coefficient (Wildman–Crippen LogP) is 1.52. The third kappa shape index (κ3) is 1.31. The summed E-state index contributed by atoms with van der Waals surface area (Å²) in [6.45, 7) is 0. The maximum Gasteiger partial charge on any atom is 0.304 e. The van der Waals surface area contributed by atoms with Crippen LogP contribution < -0.4 is 0 Å². The van der Waals surface area contributed by atoms with Crippen molar-refractivity contribution in [2.45, 2.75) is 0 Å². The van der Waals surface area contributed by atoms with E-state index in [0.29, 0.717) is 0 Å². The highest BCUT2D eigenvalue weighted by atomic mass is 32.1. The predicted molar refractivity (Wildman–Crippen MR) is 43.0 cm³/mol. The molecule has 1 aromatic heterocycles. The molecule has 0 aromatic carbocycles. The van der Waals surface area contributed by atoms with Crippen molar-refractivity contribution in [2.75, 3.05) is 0 Å². The van der Waals surface area contributed by atoms with E-state index in [1.165, 1.54) is 6.20 Å². The summed E-state index contributed by atoms with van der Waals surface area (Å²) < 4.78 is -0.0266. The lowest BCUT2D eigenvalue weighted by molar-refractivity contribution is -0.385. The van der Waals surface area contributed by atoms with Gasteiger partial charge in [0.25, 0.3) is 0 Å². The maximum atomic E-state index is 10.3. The Morgan fingerprint density at radius 2 is 2.33 bits per heavy atom. The molecule has 0 aliphatic heterocycles. The topological polar surface area (TPSA) is 82.7 Å². The van der Waals surface area contributed by atoms with E-state index in [4.69, 9.17) is 5.26 Å². The molecule has 0 aliphatic rings. The standard InChI is InChI=1S/C6H3N3O2S/c7-1-4-2-8-3-5(6(4)12)9(10)11/h2-3H,(H,8,12). The van der Waals surface area contributed by atoms with Crippen LogP contribution in [0.3, 0.4) is 0 Å². The quantitative estimate of drug-likeness (QED) is 0.404. The van der Waals surface area contributed by atoms with Gasteiger partial charge >= 0.3 is 5.69 Å². The van der Waals surface area contributed by atoms with Crippen LogP contribution in [0.2, 0.25) is 0 Å². The van der Waals surface area contributed by atoms with Crippen molar-refractivity contribution in [1.29, 1.82) is 5.26 Å². The largest absolute Gasteiger partial charge is 0.361 e. The molecule has 1 heterocycles. The minimum atomic E-state index is -0.625. The molecule has 60 valence electrons. The van der Waals surface area contributed by atoms with Gasteiger partial charge < -0.3 is 4.98 Å². The Hall–Kier alpha value is -1.74. The Bertz CT molecular complexity index is 418. The molecule has 5 nitrogen and oxygen atoms in total. The van der Waals surface area contributed by atoms with E-state index >= 15 is 0 Å². The average molecular weight is 181 g/mol. The lowest BCUT2D eigenvalue weighted by Crippen LogP contribution is -1.91. The van der Waals surface area contributed by atoms with E-state index in [1.807, 2.05) is 0 Å². The fourth-order valence-electron chi connectivity index (χ4n) is 0.692. The summed E-state index contributed by atoms with van der Waals surface area (Å²) in [5.74, 6) is 0. The lowest BCUT2D eigenvalue weighted by atomic mass is 10.3. The van der Waals surface area contributed by atoms with E-state index < -0.39 is 4.92 Å². The number of aromatic amines is 1. The molecule has 0 radical (unpaired) electrons. The van der Waals surface area contributed by atoms with E-state index in [9.17, 15) is 10.1 Å². The number of H-pyrrole nitrogens is 1. The van der Waals surface area contributed by atoms with Gasteiger partial charge in [0.1, 0.15) is 10.6 Å². The van der Waals surface area contributed by atoms with Crippen LogP contribution >= 0.6 is 12.2 Å². The summed E-state index contributed by atoms with van der Waals surface area (Å²) in [7, 11) is 0. The lowest BCUT2D eigenvalue weighted by Gasteiger charge is -1.91. The van der Waals surface area contributed by atoms with E-state index in [1.54, 1.807) is 6.07 Å². The molecule has 0 spiro atoms. The first kappa shape index (κ1) is 8.36. The fraction of sp³-hybridized carbons (Fsp3) is 0. The molecule has 0 unspecified atom stereocenters. The summed E-state index contributed by atoms with van der Waals surface area (Å²) in [6, 6.07) is 1.75. The van der Waals surface area contributed by atoms with Crippen molar-refractivity contribution in [3.8, 4) is 6.07 Å². The number of rotatable bonds is 1. The van der Waals surface area contributed by atoms with Crippen LogP contribution in [0.1, 0.15) is 5.56 Å². The Morgan fingerprint density at radius 1 is 1.67 bits per heavy atom. The first-order valence-corrected chi connectivity index (χ1v) is 3.33. The van der Waals surface area contributed by atoms with Gasteiger partial charge in [-0.2, -0.15) is 5.26 Å². The molecule has 0 saturated carbocycles. The molecule has 0 amide bonds. The summed E-state index contributed by atoms with van der Waals surface area (Å²) in [4.78, 5) is 12.1. The second-order valence-electron chi connectivity index (χ2n) is 1.95. The molecule has 1 aromatic rings. The van der Waals surface area contributed by atoms with Gasteiger partial charge in [-0.25, -0.2) is 0 Å². The van der Waals surface area contributed by atoms with Crippen LogP contribution in [0, 0.1) is 26.0 Å². The summed E-state index contributed by atoms with van der Waals surface area (Å²) in [6.07, 6.45) is 2.48. The number of nitriles is 1. The maximum absolute atomic E-state index is 10.3. The number of hydrogen-bond donors (Lipinski definition) is 1. The van der Waals surface area contributed by atoms with Crippen LogP contribution in [-0.4, -0.2) is 9.91 Å². The van der Waals surface area contributed by atoms with Gasteiger partial charge in [0.15, 0.2) is 0 Å². The monoisotopic (exact) mass is 181 g/mol. The highest BCUT2D eigenvalue weighted by molar-refractivity contribution is 7.71. The van der Waals surface area contributed by atoms with E-state index in [-0.39, 0.29) is 15.8 Å². The molecule has 6 heteroatoms. The van der Waals surface area contributed by atoms with Crippen LogP contribution in [0.5, 0.6) is 0 Å². The average Bonchev–Trinajstić information content (AvgIpc) is 2.04. The molecule has 0 fully saturated rings. The first-order chi connectivity index (χ1) is 5.66. The number of hydrogen-bond acceptors (Lipinski definition) is 4. The number of nitrogens with one attached hydrogen (secondary N) is 1. The molecular weight excluding hydrogens is 178 g/mol. The second kappa shape index (κ2) is 3.11. The van der Waals surface area contributed by atoms with Gasteiger partial charge in [-0.3, -0.25) is 10.1 Å². The van der Waals surface area contributed by atoms with Crippen molar-refractivity contribution in [2.24, 2.45) is 0 Å². The smallest absolute Gasteiger partial charge is 0.304 e. The van der Waals surface area contributed by atoms with Crippen LogP contribution in [-0.2, 0) is 0 Å². The van der Waals surface area contributed by atoms with E-state index in [2.05, 4.69) is 17.2 Å². The minimum absolute atomic E-state index is 0.0266. The van der Waals surface area contributed by atoms with Gasteiger partial charge in [-0.1, -0.05) is 12.2 Å². The molecule has 0 bridgehead atoms. The van der Waals surface area contributed by atoms with Crippen LogP contribution in [0.25, 0.3) is 0 Å². The Kier molecular flexibility index (Phi) is 2.16. The molecule has 0 atom stereocenters. The van der Waals surface area contributed by atoms with Gasteiger partial charge in [0.05, 0.1) is 16.7 Å². The van der Waals surface area contributed by atoms with E-state index in [0.717, 1.165) is 6.20 Å². The van der Waals surface area contributed by atoms with Gasteiger partial charge in [0.2, 0.25) is 0 Å². The molecule has 1 N–H and O–H groups in total. The third-order valence-corrected chi connectivity index (χ3v) is 1.67. The number of nitro groups is 1. The van der Waals surface area contributed by atoms with Gasteiger partial charge in [-0.15, -0.1) is 0 Å². The summed E-state index contributed by atoms with van der Waals surface area (Å²) in [5.41, 5.74) is -0.136. The first-order valence-electron chi connectivity index (χ1n) is 2.92. The van der Waals surface area contributed by atoms with Crippen molar-refractivity contribution in [3.05, 3.63) is 32.6 Å². The van der Waals surface area contributed by atoms with Crippen LogP contribution in [0.15, 0.2) is 12.4 Å². The summed E-state index contributed by atoms with van der Waals surface area (Å²) in [5, 5.41) is 18.8. The minimum Gasteiger partial charge on any atom is -0.361 e. The fourth-order valence-corrected chi connectivity index (χ4v) is 0.930. The number of aromatic nitrogens is 1. The van der Waals surface area contributed by atoms with Crippen molar-refractivity contribution >= 4 is 17.9 Å². The number of pyridine rings is 1. The van der Waals surface area contributed by atoms with Crippen LogP contribution in [0.4, 0.5) is 5.69 Å². The Balaban J connectivity index is 3.46. The SMILES string of the molecule is N#Cc1c[nH]cc([N+](=O)[O-])c1=S. The summed E-state index contributed by atoms with van der Waals surface area (Å²) >= 11 is 4.68. The molecule has 12 heavy (non-hydrogen) atoms. The molecule has 1 rings (SSSR count). The zero-order valence-corrected chi connectivity index (χ0v) is 6.59. The van der Waals surface area contributed by atoms with Gasteiger partial charge in [-0.05, 0) is 0 Å². The molecule has 0 saturated heterocycles. The Morgan fingerprint density at radius 3 is 2.83 bits per heavy atom. The zero-order valence-electron chi connectivity index (χ0n) is 5.77. The third-order valence-electron chi connectivity index (χ3n) is 1.24. The molecule has 0 aliphatic carbocycles. The second-order valence-corrected chi connectivity index (χ2v) is 2.36. The highest BCUT2D eigenvalue weighted by Gasteiger charge is 2.10. The molecular formula is C6H3N3O2S. The highest BCUT2D eigenvalue weighted by Crippen LogP contribution is 2.13.